The fourth-order valence-corrected chi connectivity index (χ4v) is 7.08. The van der Waals surface area contributed by atoms with Crippen molar-refractivity contribution in [2.45, 2.75) is 85.5 Å². The first-order chi connectivity index (χ1) is 22.4. The van der Waals surface area contributed by atoms with Crippen LogP contribution in [0.25, 0.3) is 61.2 Å². The van der Waals surface area contributed by atoms with Crippen LogP contribution in [0.5, 0.6) is 0 Å². The molecule has 0 fully saturated rings. The lowest BCUT2D eigenvalue weighted by Gasteiger charge is -2.24. The van der Waals surface area contributed by atoms with Gasteiger partial charge in [0.2, 0.25) is 0 Å². The Kier molecular flexibility index (Phi) is 7.62. The summed E-state index contributed by atoms with van der Waals surface area (Å²) in [6.07, 6.45) is 0. The molecule has 47 heavy (non-hydrogen) atoms. The summed E-state index contributed by atoms with van der Waals surface area (Å²) in [4.78, 5) is 5.40. The van der Waals surface area contributed by atoms with E-state index in [2.05, 4.69) is 164 Å². The minimum atomic E-state index is 0.0251. The van der Waals surface area contributed by atoms with Crippen molar-refractivity contribution < 1.29 is 4.42 Å². The molecule has 0 saturated heterocycles. The molecular formula is C44H46N2O. The number of imidazole rings is 1. The molecule has 0 atom stereocenters. The van der Waals surface area contributed by atoms with Crippen molar-refractivity contribution in [2.75, 3.05) is 0 Å². The maximum absolute atomic E-state index is 6.93. The average Bonchev–Trinajstić information content (AvgIpc) is 3.62. The second-order valence-electron chi connectivity index (χ2n) is 15.1. The molecule has 0 aliphatic heterocycles. The lowest BCUT2D eigenvalue weighted by atomic mass is 9.86. The van der Waals surface area contributed by atoms with Crippen LogP contribution >= 0.6 is 0 Å². The van der Waals surface area contributed by atoms with Crippen molar-refractivity contribution >= 4 is 33.0 Å². The Morgan fingerprint density at radius 2 is 1.28 bits per heavy atom. The lowest BCUT2D eigenvalue weighted by Crippen LogP contribution is -2.10. The molecule has 2 heterocycles. The predicted molar refractivity (Wildman–Crippen MR) is 200 cm³/mol. The fourth-order valence-electron chi connectivity index (χ4n) is 7.08. The van der Waals surface area contributed by atoms with Crippen molar-refractivity contribution in [2.24, 2.45) is 0 Å². The summed E-state index contributed by atoms with van der Waals surface area (Å²) in [6.45, 7) is 20.5. The van der Waals surface area contributed by atoms with E-state index in [1.165, 1.54) is 49.8 Å². The van der Waals surface area contributed by atoms with E-state index in [4.69, 9.17) is 9.40 Å². The largest absolute Gasteiger partial charge is 0.455 e. The Morgan fingerprint density at radius 3 is 1.91 bits per heavy atom. The van der Waals surface area contributed by atoms with Gasteiger partial charge in [0.15, 0.2) is 0 Å². The van der Waals surface area contributed by atoms with Crippen LogP contribution in [0.4, 0.5) is 0 Å². The van der Waals surface area contributed by atoms with Gasteiger partial charge in [0.25, 0.3) is 0 Å². The molecule has 0 aliphatic carbocycles. The highest BCUT2D eigenvalue weighted by Gasteiger charge is 2.27. The topological polar surface area (TPSA) is 31.0 Å². The van der Waals surface area contributed by atoms with Gasteiger partial charge in [-0.25, -0.2) is 4.98 Å². The average molecular weight is 619 g/mol. The van der Waals surface area contributed by atoms with Gasteiger partial charge in [-0.3, -0.25) is 4.57 Å². The normalized spacial score (nSPS) is 12.5. The molecule has 0 N–H and O–H groups in total. The van der Waals surface area contributed by atoms with Crippen LogP contribution in [0.15, 0.2) is 101 Å². The molecule has 0 amide bonds. The zero-order valence-electron chi connectivity index (χ0n) is 29.3. The Hall–Kier alpha value is -4.63. The Labute approximate surface area is 279 Å². The zero-order valence-corrected chi connectivity index (χ0v) is 29.3. The third kappa shape index (κ3) is 5.26. The Balaban J connectivity index is 1.59. The molecule has 238 valence electrons. The van der Waals surface area contributed by atoms with Crippen LogP contribution in [-0.4, -0.2) is 9.55 Å². The lowest BCUT2D eigenvalue weighted by molar-refractivity contribution is 0.587. The highest BCUT2D eigenvalue weighted by atomic mass is 16.3. The molecule has 0 radical (unpaired) electrons. The monoisotopic (exact) mass is 618 g/mol. The van der Waals surface area contributed by atoms with Crippen LogP contribution in [0.1, 0.15) is 102 Å². The van der Waals surface area contributed by atoms with E-state index in [0.717, 1.165) is 33.6 Å². The minimum absolute atomic E-state index is 0.0251. The van der Waals surface area contributed by atoms with Gasteiger partial charge in [-0.1, -0.05) is 123 Å². The van der Waals surface area contributed by atoms with E-state index in [9.17, 15) is 0 Å². The molecule has 7 aromatic rings. The number of benzene rings is 5. The van der Waals surface area contributed by atoms with Crippen LogP contribution in [0.2, 0.25) is 0 Å². The molecule has 7 rings (SSSR count). The smallest absolute Gasteiger partial charge is 0.149 e. The highest BCUT2D eigenvalue weighted by molar-refractivity contribution is 6.11. The number of hydrogen-bond donors (Lipinski definition) is 0. The Bertz CT molecular complexity index is 2230. The van der Waals surface area contributed by atoms with Gasteiger partial charge in [-0.05, 0) is 92.9 Å². The number of rotatable bonds is 6. The van der Waals surface area contributed by atoms with Crippen LogP contribution in [0, 0.1) is 0 Å². The number of hydrogen-bond acceptors (Lipinski definition) is 2. The van der Waals surface area contributed by atoms with Crippen molar-refractivity contribution in [1.82, 2.24) is 9.55 Å². The van der Waals surface area contributed by atoms with Gasteiger partial charge in [0, 0.05) is 10.8 Å². The summed E-state index contributed by atoms with van der Waals surface area (Å²) in [5.41, 5.74) is 13.9. The molecule has 0 unspecified atom stereocenters. The first-order valence-electron chi connectivity index (χ1n) is 17.1. The number of furan rings is 1. The molecule has 3 heteroatoms. The predicted octanol–water partition coefficient (Wildman–Crippen LogP) is 12.9. The van der Waals surface area contributed by atoms with E-state index >= 15 is 0 Å². The third-order valence-electron chi connectivity index (χ3n) is 9.69. The highest BCUT2D eigenvalue weighted by Crippen LogP contribution is 2.44. The molecule has 0 saturated carbocycles. The van der Waals surface area contributed by atoms with E-state index < -0.39 is 0 Å². The maximum atomic E-state index is 6.93. The summed E-state index contributed by atoms with van der Waals surface area (Å²) >= 11 is 0. The third-order valence-corrected chi connectivity index (χ3v) is 9.69. The fraction of sp³-hybridized carbons (Fsp3) is 0.295. The molecule has 3 nitrogen and oxygen atoms in total. The van der Waals surface area contributed by atoms with Crippen LogP contribution < -0.4 is 0 Å². The van der Waals surface area contributed by atoms with Gasteiger partial charge < -0.3 is 4.42 Å². The molecule has 0 aliphatic rings. The van der Waals surface area contributed by atoms with Crippen molar-refractivity contribution in [3.63, 3.8) is 0 Å². The van der Waals surface area contributed by atoms with E-state index in [0.29, 0.717) is 17.8 Å². The summed E-state index contributed by atoms with van der Waals surface area (Å²) in [5, 5.41) is 2.36. The van der Waals surface area contributed by atoms with Crippen molar-refractivity contribution in [3.8, 4) is 28.2 Å². The van der Waals surface area contributed by atoms with Gasteiger partial charge in [0.05, 0.1) is 22.3 Å². The summed E-state index contributed by atoms with van der Waals surface area (Å²) < 4.78 is 9.35. The van der Waals surface area contributed by atoms with E-state index in [1.54, 1.807) is 0 Å². The summed E-state index contributed by atoms with van der Waals surface area (Å²) in [7, 11) is 0. The Morgan fingerprint density at radius 1 is 0.638 bits per heavy atom. The van der Waals surface area contributed by atoms with Crippen LogP contribution in [-0.2, 0) is 5.41 Å². The molecule has 2 aromatic heterocycles. The summed E-state index contributed by atoms with van der Waals surface area (Å²) in [5.74, 6) is 1.85. The standard InChI is InChI=1S/C44H46N2O/c1-26(2)32-21-22-34(42-40(32)33-20-19-31(44(7,8)9)25-39(33)47-42)43-45-37-17-13-14-18-38(37)46(43)41-35(27(3)4)23-30(24-36(41)28(5)6)29-15-11-10-12-16-29/h10-28H,1-9H3. The number of fused-ring (bicyclic) bond motifs is 4. The maximum Gasteiger partial charge on any atom is 0.149 e. The van der Waals surface area contributed by atoms with Gasteiger partial charge in [-0.15, -0.1) is 0 Å². The second-order valence-corrected chi connectivity index (χ2v) is 15.1. The first kappa shape index (κ1) is 31.0. The van der Waals surface area contributed by atoms with E-state index in [1.807, 2.05) is 0 Å². The summed E-state index contributed by atoms with van der Waals surface area (Å²) in [6, 6.07) is 35.4. The van der Waals surface area contributed by atoms with Gasteiger partial charge >= 0.3 is 0 Å². The number of aromatic nitrogens is 2. The van der Waals surface area contributed by atoms with Gasteiger partial charge in [0.1, 0.15) is 17.0 Å². The SMILES string of the molecule is CC(C)c1cc(-c2ccccc2)cc(C(C)C)c1-n1c(-c2ccc(C(C)C)c3c2oc2cc(C(C)(C)C)ccc23)nc2ccccc21. The quantitative estimate of drug-likeness (QED) is 0.186. The van der Waals surface area contributed by atoms with Crippen LogP contribution in [0.3, 0.4) is 0 Å². The zero-order chi connectivity index (χ0) is 33.2. The second kappa shape index (κ2) is 11.6. The number of nitrogens with zero attached hydrogens (tertiary/aromatic N) is 2. The molecule has 0 spiro atoms. The van der Waals surface area contributed by atoms with E-state index in [-0.39, 0.29) is 5.41 Å². The van der Waals surface area contributed by atoms with Gasteiger partial charge in [-0.2, -0.15) is 0 Å². The van der Waals surface area contributed by atoms with Crippen molar-refractivity contribution in [3.05, 3.63) is 119 Å². The molecule has 0 bridgehead atoms. The first-order valence-corrected chi connectivity index (χ1v) is 17.1. The molecular weight excluding hydrogens is 572 g/mol. The number of para-hydroxylation sites is 2. The van der Waals surface area contributed by atoms with Crippen molar-refractivity contribution in [1.29, 1.82) is 0 Å². The minimum Gasteiger partial charge on any atom is -0.455 e. The molecule has 5 aromatic carbocycles.